The van der Waals surface area contributed by atoms with Gasteiger partial charge in [0.2, 0.25) is 5.91 Å². The van der Waals surface area contributed by atoms with Gasteiger partial charge in [-0.2, -0.15) is 0 Å². The van der Waals surface area contributed by atoms with Gasteiger partial charge in [-0.05, 0) is 42.3 Å². The van der Waals surface area contributed by atoms with Gasteiger partial charge < -0.3 is 10.2 Å². The van der Waals surface area contributed by atoms with Crippen molar-refractivity contribution in [3.8, 4) is 0 Å². The number of ketones is 2. The standard InChI is InChI=1S/C31H29N3O3/c1-18-17-24-31(21-10-6-7-11-22(21)33-29(31)37)25(27(35)19-13-15-32-16-14-19)26(28(36)30(2,3)4)34(24)23-12-8-5-9-20(18)23/h5-17,24-26H,1-4H3,(H,33,37)/t24-,25+,26-,31-/m1/s1. The molecule has 0 bridgehead atoms. The zero-order valence-corrected chi connectivity index (χ0v) is 21.4. The van der Waals surface area contributed by atoms with Crippen molar-refractivity contribution in [1.29, 1.82) is 0 Å². The van der Waals surface area contributed by atoms with Crippen molar-refractivity contribution in [2.24, 2.45) is 11.3 Å². The van der Waals surface area contributed by atoms with Crippen molar-refractivity contribution >= 4 is 34.4 Å². The minimum absolute atomic E-state index is 0.0679. The van der Waals surface area contributed by atoms with E-state index < -0.39 is 28.8 Å². The van der Waals surface area contributed by atoms with E-state index in [9.17, 15) is 14.4 Å². The van der Waals surface area contributed by atoms with E-state index in [4.69, 9.17) is 0 Å². The molecule has 0 radical (unpaired) electrons. The number of aromatic nitrogens is 1. The molecule has 2 aromatic carbocycles. The Hall–Kier alpha value is -4.06. The van der Waals surface area contributed by atoms with Crippen LogP contribution in [-0.4, -0.2) is 34.5 Å². The summed E-state index contributed by atoms with van der Waals surface area (Å²) in [7, 11) is 0. The normalized spacial score (nSPS) is 25.7. The molecule has 0 aliphatic carbocycles. The molecule has 3 aromatic rings. The molecule has 1 spiro atoms. The fourth-order valence-corrected chi connectivity index (χ4v) is 6.53. The first kappa shape index (κ1) is 23.3. The van der Waals surface area contributed by atoms with Gasteiger partial charge in [-0.3, -0.25) is 19.4 Å². The number of carbonyl (C=O) groups excluding carboxylic acids is 3. The summed E-state index contributed by atoms with van der Waals surface area (Å²) < 4.78 is 0. The van der Waals surface area contributed by atoms with E-state index in [0.29, 0.717) is 11.3 Å². The molecular formula is C31H29N3O3. The second kappa shape index (κ2) is 7.97. The summed E-state index contributed by atoms with van der Waals surface area (Å²) in [6, 6.07) is 17.5. The number of amides is 1. The smallest absolute Gasteiger partial charge is 0.238 e. The third-order valence-electron chi connectivity index (χ3n) is 8.14. The molecule has 4 heterocycles. The molecule has 3 aliphatic heterocycles. The summed E-state index contributed by atoms with van der Waals surface area (Å²) >= 11 is 0. The number of nitrogens with zero attached hydrogens (tertiary/aromatic N) is 2. The van der Waals surface area contributed by atoms with Gasteiger partial charge in [0, 0.05) is 40.3 Å². The SMILES string of the molecule is CC1=C[C@H]2N(c3ccccc31)[C@@H](C(=O)C(C)(C)C)[C@@H](C(=O)c1ccncc1)[C@]21C(=O)Nc2ccccc21. The summed E-state index contributed by atoms with van der Waals surface area (Å²) in [5, 5.41) is 3.07. The lowest BCUT2D eigenvalue weighted by Gasteiger charge is -2.39. The van der Waals surface area contributed by atoms with Crippen molar-refractivity contribution in [2.75, 3.05) is 10.2 Å². The van der Waals surface area contributed by atoms with E-state index in [2.05, 4.69) is 21.3 Å². The van der Waals surface area contributed by atoms with Gasteiger partial charge in [-0.25, -0.2) is 0 Å². The molecule has 6 nitrogen and oxygen atoms in total. The van der Waals surface area contributed by atoms with Crippen molar-refractivity contribution in [1.82, 2.24) is 4.98 Å². The summed E-state index contributed by atoms with van der Waals surface area (Å²) in [4.78, 5) is 49.3. The lowest BCUT2D eigenvalue weighted by Crippen LogP contribution is -2.51. The van der Waals surface area contributed by atoms with Gasteiger partial charge in [0.05, 0.1) is 12.0 Å². The van der Waals surface area contributed by atoms with Crippen molar-refractivity contribution in [3.05, 3.63) is 95.8 Å². The van der Waals surface area contributed by atoms with Gasteiger partial charge in [0.25, 0.3) is 0 Å². The number of fused-ring (bicyclic) bond motifs is 6. The Kier molecular flexibility index (Phi) is 5.03. The quantitative estimate of drug-likeness (QED) is 0.518. The summed E-state index contributed by atoms with van der Waals surface area (Å²) in [5.74, 6) is -1.48. The summed E-state index contributed by atoms with van der Waals surface area (Å²) in [5.41, 5.74) is 2.77. The number of anilines is 2. The first-order valence-corrected chi connectivity index (χ1v) is 12.6. The molecule has 3 aliphatic rings. The first-order chi connectivity index (χ1) is 17.7. The van der Waals surface area contributed by atoms with Crippen LogP contribution in [-0.2, 0) is 15.0 Å². The van der Waals surface area contributed by atoms with Crippen LogP contribution < -0.4 is 10.2 Å². The maximum absolute atomic E-state index is 14.5. The van der Waals surface area contributed by atoms with Crippen LogP contribution in [0.1, 0.15) is 49.2 Å². The van der Waals surface area contributed by atoms with E-state index in [0.717, 1.165) is 22.4 Å². The predicted molar refractivity (Wildman–Crippen MR) is 143 cm³/mol. The zero-order chi connectivity index (χ0) is 26.1. The van der Waals surface area contributed by atoms with Crippen LogP contribution in [0.3, 0.4) is 0 Å². The number of Topliss-reactive ketones (excluding diaryl/α,β-unsaturated/α-hetero) is 2. The van der Waals surface area contributed by atoms with E-state index in [-0.39, 0.29) is 17.5 Å². The first-order valence-electron chi connectivity index (χ1n) is 12.6. The van der Waals surface area contributed by atoms with E-state index in [1.807, 2.05) is 76.2 Å². The van der Waals surface area contributed by atoms with E-state index in [1.165, 1.54) is 0 Å². The van der Waals surface area contributed by atoms with Crippen LogP contribution in [0.25, 0.3) is 5.57 Å². The van der Waals surface area contributed by atoms with Crippen molar-refractivity contribution < 1.29 is 14.4 Å². The molecule has 1 saturated heterocycles. The second-order valence-electron chi connectivity index (χ2n) is 11.2. The molecule has 1 amide bonds. The Morgan fingerprint density at radius 2 is 1.65 bits per heavy atom. The van der Waals surface area contributed by atoms with Gasteiger partial charge in [0.15, 0.2) is 11.6 Å². The molecule has 6 rings (SSSR count). The van der Waals surface area contributed by atoms with Crippen LogP contribution >= 0.6 is 0 Å². The van der Waals surface area contributed by atoms with Crippen molar-refractivity contribution in [3.63, 3.8) is 0 Å². The molecule has 37 heavy (non-hydrogen) atoms. The Morgan fingerprint density at radius 1 is 0.973 bits per heavy atom. The highest BCUT2D eigenvalue weighted by Crippen LogP contribution is 2.59. The molecule has 0 saturated carbocycles. The van der Waals surface area contributed by atoms with Crippen molar-refractivity contribution in [2.45, 2.75) is 45.2 Å². The van der Waals surface area contributed by atoms with E-state index in [1.54, 1.807) is 24.5 Å². The zero-order valence-electron chi connectivity index (χ0n) is 21.4. The van der Waals surface area contributed by atoms with Crippen LogP contribution in [0.2, 0.25) is 0 Å². The van der Waals surface area contributed by atoms with Crippen LogP contribution in [0, 0.1) is 11.3 Å². The molecule has 1 fully saturated rings. The minimum Gasteiger partial charge on any atom is -0.352 e. The number of nitrogens with one attached hydrogen (secondary N) is 1. The van der Waals surface area contributed by atoms with Crippen LogP contribution in [0.5, 0.6) is 0 Å². The third-order valence-corrected chi connectivity index (χ3v) is 8.14. The molecular weight excluding hydrogens is 462 g/mol. The highest BCUT2D eigenvalue weighted by molar-refractivity contribution is 6.17. The number of para-hydroxylation sites is 2. The molecule has 4 atom stereocenters. The van der Waals surface area contributed by atoms with E-state index >= 15 is 0 Å². The number of hydrogen-bond donors (Lipinski definition) is 1. The maximum Gasteiger partial charge on any atom is 0.238 e. The number of pyridine rings is 1. The largest absolute Gasteiger partial charge is 0.352 e. The fourth-order valence-electron chi connectivity index (χ4n) is 6.53. The number of rotatable bonds is 3. The topological polar surface area (TPSA) is 79.4 Å². The Morgan fingerprint density at radius 3 is 2.38 bits per heavy atom. The van der Waals surface area contributed by atoms with Gasteiger partial charge in [-0.1, -0.05) is 63.2 Å². The molecule has 6 heteroatoms. The summed E-state index contributed by atoms with van der Waals surface area (Å²) in [6.07, 6.45) is 5.22. The highest BCUT2D eigenvalue weighted by atomic mass is 16.2. The molecule has 0 unspecified atom stereocenters. The van der Waals surface area contributed by atoms with Gasteiger partial charge in [-0.15, -0.1) is 0 Å². The molecule has 1 N–H and O–H groups in total. The number of benzene rings is 2. The highest BCUT2D eigenvalue weighted by Gasteiger charge is 2.71. The van der Waals surface area contributed by atoms with Gasteiger partial charge >= 0.3 is 0 Å². The fraction of sp³-hybridized carbons (Fsp3) is 0.290. The minimum atomic E-state index is -1.28. The Balaban J connectivity index is 1.71. The number of allylic oxidation sites excluding steroid dienone is 1. The van der Waals surface area contributed by atoms with Crippen LogP contribution in [0.15, 0.2) is 79.1 Å². The lowest BCUT2D eigenvalue weighted by molar-refractivity contribution is -0.128. The lowest BCUT2D eigenvalue weighted by atomic mass is 9.63. The number of hydrogen-bond acceptors (Lipinski definition) is 5. The third kappa shape index (κ3) is 3.11. The average molecular weight is 492 g/mol. The summed E-state index contributed by atoms with van der Waals surface area (Å²) in [6.45, 7) is 7.66. The average Bonchev–Trinajstić information content (AvgIpc) is 3.36. The van der Waals surface area contributed by atoms with Gasteiger partial charge in [0.1, 0.15) is 11.5 Å². The molecule has 1 aromatic heterocycles. The van der Waals surface area contributed by atoms with Crippen LogP contribution in [0.4, 0.5) is 11.4 Å². The predicted octanol–water partition coefficient (Wildman–Crippen LogP) is 5.06. The monoisotopic (exact) mass is 491 g/mol. The Labute approximate surface area is 216 Å². The maximum atomic E-state index is 14.5. The Bertz CT molecular complexity index is 1490. The second-order valence-corrected chi connectivity index (χ2v) is 11.2. The molecule has 186 valence electrons. The number of carbonyl (C=O) groups is 3.